The number of hydrogen-bond acceptors (Lipinski definition) is 1. The third-order valence-electron chi connectivity index (χ3n) is 3.08. The number of fused-ring (bicyclic) bond motifs is 1. The number of carbonyl (C=O) groups is 1. The molecule has 0 unspecified atom stereocenters. The number of rotatable bonds is 1. The summed E-state index contributed by atoms with van der Waals surface area (Å²) in [6.45, 7) is 1.68. The first kappa shape index (κ1) is 10.8. The van der Waals surface area contributed by atoms with Crippen molar-refractivity contribution in [3.8, 4) is 0 Å². The van der Waals surface area contributed by atoms with Crippen LogP contribution in [0.4, 0.5) is 10.1 Å². The van der Waals surface area contributed by atoms with Crippen LogP contribution in [0.5, 0.6) is 0 Å². The molecule has 2 heterocycles. The first-order valence-electron chi connectivity index (χ1n) is 5.63. The molecule has 0 aliphatic carbocycles. The average Bonchev–Trinajstić information content (AvgIpc) is 2.94. The van der Waals surface area contributed by atoms with Gasteiger partial charge in [-0.25, -0.2) is 4.39 Å². The highest BCUT2D eigenvalue weighted by Gasteiger charge is 2.27. The number of hydrogen-bond donors (Lipinski definition) is 2. The van der Waals surface area contributed by atoms with Gasteiger partial charge in [0.15, 0.2) is 0 Å². The number of amides is 1. The Balaban J connectivity index is 2.20. The molecule has 0 atom stereocenters. The van der Waals surface area contributed by atoms with Crippen LogP contribution in [0.25, 0.3) is 11.6 Å². The van der Waals surface area contributed by atoms with E-state index < -0.39 is 0 Å². The minimum Gasteiger partial charge on any atom is -0.362 e. The second-order valence-electron chi connectivity index (χ2n) is 4.23. The Bertz CT molecular complexity index is 657. The van der Waals surface area contributed by atoms with Gasteiger partial charge in [0.1, 0.15) is 5.82 Å². The summed E-state index contributed by atoms with van der Waals surface area (Å²) in [4.78, 5) is 14.9. The molecular formula is C14H11FN2O. The lowest BCUT2D eigenvalue weighted by Crippen LogP contribution is -2.03. The van der Waals surface area contributed by atoms with E-state index in [1.165, 1.54) is 6.07 Å². The highest BCUT2D eigenvalue weighted by molar-refractivity contribution is 6.35. The zero-order valence-electron chi connectivity index (χ0n) is 9.75. The van der Waals surface area contributed by atoms with Crippen molar-refractivity contribution in [1.82, 2.24) is 4.98 Å². The van der Waals surface area contributed by atoms with Crippen molar-refractivity contribution in [3.05, 3.63) is 53.1 Å². The average molecular weight is 242 g/mol. The zero-order valence-corrected chi connectivity index (χ0v) is 9.75. The summed E-state index contributed by atoms with van der Waals surface area (Å²) >= 11 is 0. The van der Waals surface area contributed by atoms with E-state index in [4.69, 9.17) is 0 Å². The molecule has 18 heavy (non-hydrogen) atoms. The number of carbonyl (C=O) groups excluding carboxylic acids is 1. The Kier molecular flexibility index (Phi) is 2.30. The first-order chi connectivity index (χ1) is 8.66. The summed E-state index contributed by atoms with van der Waals surface area (Å²) in [6.07, 6.45) is 3.51. The predicted octanol–water partition coefficient (Wildman–Crippen LogP) is 2.95. The van der Waals surface area contributed by atoms with E-state index in [1.807, 2.05) is 12.1 Å². The van der Waals surface area contributed by atoms with Crippen molar-refractivity contribution in [2.24, 2.45) is 0 Å². The first-order valence-corrected chi connectivity index (χ1v) is 5.63. The number of halogens is 1. The highest BCUT2D eigenvalue weighted by Crippen LogP contribution is 2.36. The summed E-state index contributed by atoms with van der Waals surface area (Å²) in [6, 6.07) is 6.66. The Morgan fingerprint density at radius 1 is 1.28 bits per heavy atom. The second-order valence-corrected chi connectivity index (χ2v) is 4.23. The maximum absolute atomic E-state index is 13.6. The maximum atomic E-state index is 13.6. The number of H-pyrrole nitrogens is 1. The van der Waals surface area contributed by atoms with E-state index in [2.05, 4.69) is 10.3 Å². The molecule has 1 aromatic carbocycles. The van der Waals surface area contributed by atoms with Crippen LogP contribution in [-0.2, 0) is 4.79 Å². The molecule has 90 valence electrons. The van der Waals surface area contributed by atoms with Gasteiger partial charge in [-0.2, -0.15) is 0 Å². The Labute approximate surface area is 103 Å². The molecule has 2 aromatic rings. The molecule has 3 nitrogen and oxygen atoms in total. The van der Waals surface area contributed by atoms with Crippen molar-refractivity contribution in [2.75, 3.05) is 5.32 Å². The van der Waals surface area contributed by atoms with Gasteiger partial charge < -0.3 is 10.3 Å². The molecule has 2 N–H and O–H groups in total. The van der Waals surface area contributed by atoms with Crippen LogP contribution in [0.2, 0.25) is 0 Å². The van der Waals surface area contributed by atoms with E-state index >= 15 is 0 Å². The lowest BCUT2D eigenvalue weighted by molar-refractivity contribution is -0.110. The molecule has 4 heteroatoms. The van der Waals surface area contributed by atoms with Crippen LogP contribution in [0, 0.1) is 12.7 Å². The third kappa shape index (κ3) is 1.54. The smallest absolute Gasteiger partial charge is 0.256 e. The van der Waals surface area contributed by atoms with Crippen molar-refractivity contribution in [2.45, 2.75) is 6.92 Å². The summed E-state index contributed by atoms with van der Waals surface area (Å²) in [5, 5.41) is 2.74. The van der Waals surface area contributed by atoms with Crippen LogP contribution in [0.15, 0.2) is 30.5 Å². The van der Waals surface area contributed by atoms with Gasteiger partial charge >= 0.3 is 0 Å². The van der Waals surface area contributed by atoms with Gasteiger partial charge in [-0.1, -0.05) is 0 Å². The summed E-state index contributed by atoms with van der Waals surface area (Å²) < 4.78 is 13.6. The third-order valence-corrected chi connectivity index (χ3v) is 3.08. The molecule has 1 aliphatic heterocycles. The normalized spacial score (nSPS) is 15.9. The van der Waals surface area contributed by atoms with Crippen molar-refractivity contribution < 1.29 is 9.18 Å². The molecule has 1 amide bonds. The summed E-state index contributed by atoms with van der Waals surface area (Å²) in [5.41, 5.74) is 3.11. The zero-order chi connectivity index (χ0) is 12.7. The number of benzene rings is 1. The molecule has 0 saturated heterocycles. The van der Waals surface area contributed by atoms with Crippen LogP contribution < -0.4 is 5.32 Å². The van der Waals surface area contributed by atoms with Gasteiger partial charge in [-0.15, -0.1) is 0 Å². The molecule has 0 spiro atoms. The minimum absolute atomic E-state index is 0.201. The molecule has 0 radical (unpaired) electrons. The van der Waals surface area contributed by atoms with Crippen molar-refractivity contribution >= 4 is 23.2 Å². The quantitative estimate of drug-likeness (QED) is 0.742. The van der Waals surface area contributed by atoms with Gasteiger partial charge in [-0.05, 0) is 42.8 Å². The van der Waals surface area contributed by atoms with Gasteiger partial charge in [0.05, 0.1) is 5.57 Å². The fourth-order valence-corrected chi connectivity index (χ4v) is 2.17. The Morgan fingerprint density at radius 3 is 2.83 bits per heavy atom. The van der Waals surface area contributed by atoms with Gasteiger partial charge in [0.25, 0.3) is 5.91 Å². The molecular weight excluding hydrogens is 231 g/mol. The monoisotopic (exact) mass is 242 g/mol. The SMILES string of the molecule is Cc1c(F)ccc2c1/C(=C/c1ccc[nH]1)C(=O)N2. The van der Waals surface area contributed by atoms with Crippen LogP contribution in [0.1, 0.15) is 16.8 Å². The summed E-state index contributed by atoms with van der Waals surface area (Å²) in [7, 11) is 0. The molecule has 0 saturated carbocycles. The predicted molar refractivity (Wildman–Crippen MR) is 68.4 cm³/mol. The topological polar surface area (TPSA) is 44.9 Å². The number of anilines is 1. The molecule has 0 bridgehead atoms. The van der Waals surface area contributed by atoms with Crippen LogP contribution in [-0.4, -0.2) is 10.9 Å². The lowest BCUT2D eigenvalue weighted by atomic mass is 10.0. The highest BCUT2D eigenvalue weighted by atomic mass is 19.1. The van der Waals surface area contributed by atoms with E-state index in [9.17, 15) is 9.18 Å². The standard InChI is InChI=1S/C14H11FN2O/c1-8-11(15)4-5-12-13(8)10(14(18)17-12)7-9-3-2-6-16-9/h2-7,16H,1H3,(H,17,18)/b10-7-. The molecule has 3 rings (SSSR count). The number of nitrogens with one attached hydrogen (secondary N) is 2. The Hall–Kier alpha value is -2.36. The molecule has 0 fully saturated rings. The minimum atomic E-state index is -0.303. The van der Waals surface area contributed by atoms with Crippen molar-refractivity contribution in [3.63, 3.8) is 0 Å². The van der Waals surface area contributed by atoms with Crippen LogP contribution >= 0.6 is 0 Å². The van der Waals surface area contributed by atoms with E-state index in [0.29, 0.717) is 22.4 Å². The Morgan fingerprint density at radius 2 is 2.11 bits per heavy atom. The molecule has 1 aliphatic rings. The van der Waals surface area contributed by atoms with E-state index in [-0.39, 0.29) is 11.7 Å². The van der Waals surface area contributed by atoms with E-state index in [0.717, 1.165) is 5.69 Å². The van der Waals surface area contributed by atoms with Gasteiger partial charge in [0.2, 0.25) is 0 Å². The molecule has 1 aromatic heterocycles. The number of aromatic amines is 1. The fraction of sp³-hybridized carbons (Fsp3) is 0.0714. The summed E-state index contributed by atoms with van der Waals surface area (Å²) in [5.74, 6) is -0.504. The number of aromatic nitrogens is 1. The lowest BCUT2D eigenvalue weighted by Gasteiger charge is -2.04. The second kappa shape index (κ2) is 3.84. The maximum Gasteiger partial charge on any atom is 0.256 e. The van der Waals surface area contributed by atoms with E-state index in [1.54, 1.807) is 25.3 Å². The van der Waals surface area contributed by atoms with Crippen LogP contribution in [0.3, 0.4) is 0 Å². The van der Waals surface area contributed by atoms with Gasteiger partial charge in [-0.3, -0.25) is 4.79 Å². The fourth-order valence-electron chi connectivity index (χ4n) is 2.17. The van der Waals surface area contributed by atoms with Gasteiger partial charge in [0, 0.05) is 23.1 Å². The largest absolute Gasteiger partial charge is 0.362 e. The van der Waals surface area contributed by atoms with Crippen molar-refractivity contribution in [1.29, 1.82) is 0 Å².